The van der Waals surface area contributed by atoms with Crippen molar-refractivity contribution in [3.63, 3.8) is 0 Å². The van der Waals surface area contributed by atoms with Crippen molar-refractivity contribution in [1.29, 1.82) is 0 Å². The Bertz CT molecular complexity index is 794. The molecule has 0 radical (unpaired) electrons. The maximum atomic E-state index is 11.2. The van der Waals surface area contributed by atoms with E-state index in [9.17, 15) is 9.90 Å². The van der Waals surface area contributed by atoms with E-state index >= 15 is 0 Å². The molecule has 1 fully saturated rings. The molecule has 2 aliphatic rings. The first-order chi connectivity index (χ1) is 11.0. The number of carbonyl (C=O) groups is 1. The highest BCUT2D eigenvalue weighted by molar-refractivity contribution is 6.34. The summed E-state index contributed by atoms with van der Waals surface area (Å²) in [4.78, 5) is 11.2. The molecule has 1 aliphatic carbocycles. The number of carboxylic acids is 1. The lowest BCUT2D eigenvalue weighted by molar-refractivity contribution is 0.0696. The lowest BCUT2D eigenvalue weighted by Gasteiger charge is -2.34. The van der Waals surface area contributed by atoms with Gasteiger partial charge in [0.05, 0.1) is 11.6 Å². The summed E-state index contributed by atoms with van der Waals surface area (Å²) in [6, 6.07) is 11.1. The number of halogens is 2. The highest BCUT2D eigenvalue weighted by Crippen LogP contribution is 2.59. The molecule has 1 heterocycles. The standard InChI is InChI=1S/C18H15Cl2NO2/c19-12-5-11(6-13(20)8-12)16-9-18(3-4-18)14-7-10(17(22)23)1-2-15(14)21-16/h1-2,5-8,16,21H,3-4,9H2,(H,22,23). The normalized spacial score (nSPS) is 20.7. The molecule has 0 aromatic heterocycles. The first kappa shape index (κ1) is 14.9. The third-order valence-corrected chi connectivity index (χ3v) is 5.34. The number of aromatic carboxylic acids is 1. The summed E-state index contributed by atoms with van der Waals surface area (Å²) >= 11 is 12.3. The van der Waals surface area contributed by atoms with E-state index in [1.165, 1.54) is 0 Å². The van der Waals surface area contributed by atoms with Crippen LogP contribution in [0.5, 0.6) is 0 Å². The van der Waals surface area contributed by atoms with Crippen LogP contribution in [0.1, 0.15) is 46.8 Å². The fraction of sp³-hybridized carbons (Fsp3) is 0.278. The second kappa shape index (κ2) is 5.15. The highest BCUT2D eigenvalue weighted by atomic mass is 35.5. The summed E-state index contributed by atoms with van der Waals surface area (Å²) in [7, 11) is 0. The lowest BCUT2D eigenvalue weighted by atomic mass is 9.81. The Labute approximate surface area is 144 Å². The molecule has 0 bridgehead atoms. The van der Waals surface area contributed by atoms with Crippen LogP contribution in [-0.2, 0) is 5.41 Å². The predicted octanol–water partition coefficient (Wildman–Crippen LogP) is 5.28. The summed E-state index contributed by atoms with van der Waals surface area (Å²) in [5.41, 5.74) is 3.65. The van der Waals surface area contributed by atoms with Crippen molar-refractivity contribution in [1.82, 2.24) is 0 Å². The van der Waals surface area contributed by atoms with Gasteiger partial charge < -0.3 is 10.4 Å². The van der Waals surface area contributed by atoms with Gasteiger partial charge in [-0.2, -0.15) is 0 Å². The zero-order valence-electron chi connectivity index (χ0n) is 12.3. The third-order valence-electron chi connectivity index (χ3n) is 4.90. The highest BCUT2D eigenvalue weighted by Gasteiger charge is 2.49. The van der Waals surface area contributed by atoms with Crippen LogP contribution in [0, 0.1) is 0 Å². The van der Waals surface area contributed by atoms with Gasteiger partial charge in [0.1, 0.15) is 0 Å². The summed E-state index contributed by atoms with van der Waals surface area (Å²) in [5.74, 6) is -0.882. The van der Waals surface area contributed by atoms with E-state index in [4.69, 9.17) is 23.2 Å². The minimum absolute atomic E-state index is 0.0888. The minimum atomic E-state index is -0.882. The monoisotopic (exact) mass is 347 g/mol. The zero-order chi connectivity index (χ0) is 16.2. The maximum absolute atomic E-state index is 11.2. The number of hydrogen-bond acceptors (Lipinski definition) is 2. The largest absolute Gasteiger partial charge is 0.478 e. The number of hydrogen-bond donors (Lipinski definition) is 2. The van der Waals surface area contributed by atoms with Crippen molar-refractivity contribution < 1.29 is 9.90 Å². The summed E-state index contributed by atoms with van der Waals surface area (Å²) < 4.78 is 0. The van der Waals surface area contributed by atoms with Gasteiger partial charge in [-0.05, 0) is 72.2 Å². The number of nitrogens with one attached hydrogen (secondary N) is 1. The van der Waals surface area contributed by atoms with Crippen molar-refractivity contribution >= 4 is 34.9 Å². The van der Waals surface area contributed by atoms with Gasteiger partial charge in [-0.3, -0.25) is 0 Å². The van der Waals surface area contributed by atoms with E-state index in [-0.39, 0.29) is 11.5 Å². The van der Waals surface area contributed by atoms with Crippen LogP contribution in [0.2, 0.25) is 10.0 Å². The molecule has 0 saturated heterocycles. The number of carboxylic acid groups (broad SMARTS) is 1. The third kappa shape index (κ3) is 2.58. The van der Waals surface area contributed by atoms with Crippen LogP contribution >= 0.6 is 23.2 Å². The molecule has 4 rings (SSSR count). The topological polar surface area (TPSA) is 49.3 Å². The van der Waals surface area contributed by atoms with Crippen molar-refractivity contribution in [2.75, 3.05) is 5.32 Å². The Balaban J connectivity index is 1.75. The Morgan fingerprint density at radius 3 is 2.43 bits per heavy atom. The van der Waals surface area contributed by atoms with Gasteiger partial charge in [0.25, 0.3) is 0 Å². The Hall–Kier alpha value is -1.71. The molecular formula is C18H15Cl2NO2. The van der Waals surface area contributed by atoms with E-state index in [1.807, 2.05) is 24.3 Å². The lowest BCUT2D eigenvalue weighted by Crippen LogP contribution is -2.26. The quantitative estimate of drug-likeness (QED) is 0.776. The van der Waals surface area contributed by atoms with E-state index in [0.717, 1.165) is 36.1 Å². The maximum Gasteiger partial charge on any atom is 0.335 e. The van der Waals surface area contributed by atoms with Gasteiger partial charge in [-0.15, -0.1) is 0 Å². The van der Waals surface area contributed by atoms with Gasteiger partial charge in [0.15, 0.2) is 0 Å². The van der Waals surface area contributed by atoms with Crippen LogP contribution in [-0.4, -0.2) is 11.1 Å². The molecule has 2 aromatic rings. The molecule has 23 heavy (non-hydrogen) atoms. The molecule has 1 saturated carbocycles. The van der Waals surface area contributed by atoms with Crippen molar-refractivity contribution in [3.05, 3.63) is 63.1 Å². The molecule has 3 nitrogen and oxygen atoms in total. The molecule has 1 aliphatic heterocycles. The van der Waals surface area contributed by atoms with Gasteiger partial charge in [0.2, 0.25) is 0 Å². The summed E-state index contributed by atoms with van der Waals surface area (Å²) in [5, 5.41) is 14.0. The van der Waals surface area contributed by atoms with Gasteiger partial charge in [-0.25, -0.2) is 4.79 Å². The van der Waals surface area contributed by atoms with Crippen molar-refractivity contribution in [2.45, 2.75) is 30.7 Å². The molecule has 0 amide bonds. The number of benzene rings is 2. The molecule has 2 aromatic carbocycles. The number of rotatable bonds is 2. The zero-order valence-corrected chi connectivity index (χ0v) is 13.8. The van der Waals surface area contributed by atoms with Crippen LogP contribution in [0.4, 0.5) is 5.69 Å². The molecule has 2 N–H and O–H groups in total. The SMILES string of the molecule is O=C(O)c1ccc2c(c1)C1(CC1)CC(c1cc(Cl)cc(Cl)c1)N2. The first-order valence-corrected chi connectivity index (χ1v) is 8.33. The smallest absolute Gasteiger partial charge is 0.335 e. The Morgan fingerprint density at radius 2 is 1.83 bits per heavy atom. The summed E-state index contributed by atoms with van der Waals surface area (Å²) in [6.07, 6.45) is 3.12. The van der Waals surface area contributed by atoms with Crippen LogP contribution in [0.15, 0.2) is 36.4 Å². The first-order valence-electron chi connectivity index (χ1n) is 7.57. The molecular weight excluding hydrogens is 333 g/mol. The average Bonchev–Trinajstić information content (AvgIpc) is 3.26. The Morgan fingerprint density at radius 1 is 1.13 bits per heavy atom. The van der Waals surface area contributed by atoms with Gasteiger partial charge in [-0.1, -0.05) is 23.2 Å². The van der Waals surface area contributed by atoms with Crippen LogP contribution in [0.25, 0.3) is 0 Å². The molecule has 5 heteroatoms. The minimum Gasteiger partial charge on any atom is -0.478 e. The number of anilines is 1. The molecule has 1 atom stereocenters. The molecule has 1 unspecified atom stereocenters. The van der Waals surface area contributed by atoms with Crippen molar-refractivity contribution in [3.8, 4) is 0 Å². The molecule has 118 valence electrons. The van der Waals surface area contributed by atoms with Gasteiger partial charge in [0, 0.05) is 15.7 Å². The van der Waals surface area contributed by atoms with Crippen LogP contribution in [0.3, 0.4) is 0 Å². The second-order valence-electron chi connectivity index (χ2n) is 6.45. The number of fused-ring (bicyclic) bond motifs is 2. The molecule has 1 spiro atoms. The predicted molar refractivity (Wildman–Crippen MR) is 91.8 cm³/mol. The van der Waals surface area contributed by atoms with E-state index in [1.54, 1.807) is 12.1 Å². The Kier molecular flexibility index (Phi) is 3.33. The van der Waals surface area contributed by atoms with E-state index < -0.39 is 5.97 Å². The fourth-order valence-electron chi connectivity index (χ4n) is 3.58. The van der Waals surface area contributed by atoms with Crippen LogP contribution < -0.4 is 5.32 Å². The van der Waals surface area contributed by atoms with E-state index in [0.29, 0.717) is 15.6 Å². The van der Waals surface area contributed by atoms with Gasteiger partial charge >= 0.3 is 5.97 Å². The van der Waals surface area contributed by atoms with E-state index in [2.05, 4.69) is 5.32 Å². The average molecular weight is 348 g/mol. The summed E-state index contributed by atoms with van der Waals surface area (Å²) in [6.45, 7) is 0. The van der Waals surface area contributed by atoms with Crippen molar-refractivity contribution in [2.24, 2.45) is 0 Å². The second-order valence-corrected chi connectivity index (χ2v) is 7.32. The fourth-order valence-corrected chi connectivity index (χ4v) is 4.13.